The highest BCUT2D eigenvalue weighted by atomic mass is 32.2. The molecule has 2 rings (SSSR count). The van der Waals surface area contributed by atoms with Gasteiger partial charge in [-0.25, -0.2) is 22.9 Å². The van der Waals surface area contributed by atoms with Crippen LogP contribution in [-0.4, -0.2) is 26.5 Å². The molecule has 5 nitrogen and oxygen atoms in total. The van der Waals surface area contributed by atoms with Gasteiger partial charge in [0.2, 0.25) is 10.0 Å². The van der Waals surface area contributed by atoms with E-state index in [0.29, 0.717) is 11.5 Å². The average Bonchev–Trinajstić information content (AvgIpc) is 2.52. The van der Waals surface area contributed by atoms with Gasteiger partial charge in [0.1, 0.15) is 11.6 Å². The van der Waals surface area contributed by atoms with Gasteiger partial charge in [-0.1, -0.05) is 12.1 Å². The van der Waals surface area contributed by atoms with Crippen molar-refractivity contribution in [2.75, 3.05) is 11.9 Å². The van der Waals surface area contributed by atoms with Crippen LogP contribution in [0.4, 0.5) is 10.2 Å². The topological polar surface area (TPSA) is 76.3 Å². The molecule has 0 aliphatic carbocycles. The third-order valence-electron chi connectivity index (χ3n) is 3.59. The maximum Gasteiger partial charge on any atom is 0.231 e. The number of nitrogens with two attached hydrogens (primary N) is 1. The molecule has 0 fully saturated rings. The number of anilines is 1. The molecule has 1 aromatic carbocycles. The monoisotopic (exact) mass is 349 g/mol. The first-order valence-electron chi connectivity index (χ1n) is 7.38. The van der Waals surface area contributed by atoms with Gasteiger partial charge in [-0.05, 0) is 49.8 Å². The molecule has 0 atom stereocenters. The van der Waals surface area contributed by atoms with E-state index in [0.717, 1.165) is 16.5 Å². The van der Waals surface area contributed by atoms with Crippen LogP contribution in [0.25, 0.3) is 17.2 Å². The third kappa shape index (κ3) is 4.62. The highest BCUT2D eigenvalue weighted by Crippen LogP contribution is 2.30. The summed E-state index contributed by atoms with van der Waals surface area (Å²) in [5.41, 5.74) is 2.13. The van der Waals surface area contributed by atoms with Gasteiger partial charge in [0.05, 0.1) is 5.69 Å². The number of sulfonamides is 1. The Morgan fingerprint density at radius 1 is 1.17 bits per heavy atom. The number of hydrogen-bond acceptors (Lipinski definition) is 4. The van der Waals surface area contributed by atoms with Crippen molar-refractivity contribution in [1.29, 1.82) is 0 Å². The average molecular weight is 349 g/mol. The fraction of sp³-hybridized carbons (Fsp3) is 0.235. The van der Waals surface area contributed by atoms with Crippen molar-refractivity contribution in [2.45, 2.75) is 19.9 Å². The Labute approximate surface area is 141 Å². The van der Waals surface area contributed by atoms with E-state index in [1.54, 1.807) is 18.2 Å². The van der Waals surface area contributed by atoms with E-state index in [9.17, 15) is 12.8 Å². The zero-order valence-electron chi connectivity index (χ0n) is 13.8. The molecule has 7 heteroatoms. The van der Waals surface area contributed by atoms with Crippen LogP contribution in [0.2, 0.25) is 0 Å². The second-order valence-corrected chi connectivity index (χ2v) is 7.16. The first kappa shape index (κ1) is 18.1. The summed E-state index contributed by atoms with van der Waals surface area (Å²) in [5, 5.41) is 5.88. The highest BCUT2D eigenvalue weighted by molar-refractivity contribution is 7.92. The Balaban J connectivity index is 2.54. The lowest BCUT2D eigenvalue weighted by molar-refractivity contribution is 0.606. The van der Waals surface area contributed by atoms with Crippen molar-refractivity contribution < 1.29 is 12.8 Å². The van der Waals surface area contributed by atoms with Crippen molar-refractivity contribution >= 4 is 21.9 Å². The summed E-state index contributed by atoms with van der Waals surface area (Å²) in [4.78, 5) is 6.49. The molecule has 0 saturated heterocycles. The summed E-state index contributed by atoms with van der Waals surface area (Å²) in [7, 11) is -1.82. The van der Waals surface area contributed by atoms with Crippen molar-refractivity contribution in [2.24, 2.45) is 5.14 Å². The van der Waals surface area contributed by atoms with E-state index in [-0.39, 0.29) is 11.9 Å². The van der Waals surface area contributed by atoms with Gasteiger partial charge in [-0.3, -0.25) is 0 Å². The SMILES string of the molecule is CC(C)N(C)c1nc(C=CS(N)(=O)=O)ccc1-c1ccc(F)cc1. The zero-order chi connectivity index (χ0) is 17.9. The van der Waals surface area contributed by atoms with Crippen LogP contribution in [-0.2, 0) is 10.0 Å². The fourth-order valence-electron chi connectivity index (χ4n) is 2.09. The molecule has 0 spiro atoms. The smallest absolute Gasteiger partial charge is 0.231 e. The standard InChI is InChI=1S/C17H20FN3O2S/c1-12(2)21(3)17-16(13-4-6-14(18)7-5-13)9-8-15(20-17)10-11-24(19,22)23/h4-12H,1-3H3,(H2,19,22,23). The van der Waals surface area contributed by atoms with Gasteiger partial charge in [-0.2, -0.15) is 0 Å². The number of primary sulfonamides is 1. The summed E-state index contributed by atoms with van der Waals surface area (Å²) in [6.07, 6.45) is 1.35. The van der Waals surface area contributed by atoms with Crippen LogP contribution in [0.5, 0.6) is 0 Å². The Hall–Kier alpha value is -2.25. The van der Waals surface area contributed by atoms with Crippen LogP contribution in [0.1, 0.15) is 19.5 Å². The van der Waals surface area contributed by atoms with E-state index in [1.807, 2.05) is 31.9 Å². The minimum Gasteiger partial charge on any atom is -0.357 e. The Morgan fingerprint density at radius 2 is 1.79 bits per heavy atom. The molecule has 0 radical (unpaired) electrons. The highest BCUT2D eigenvalue weighted by Gasteiger charge is 2.14. The number of nitrogens with zero attached hydrogens (tertiary/aromatic N) is 2. The zero-order valence-corrected chi connectivity index (χ0v) is 14.6. The maximum absolute atomic E-state index is 13.2. The van der Waals surface area contributed by atoms with E-state index in [2.05, 4.69) is 4.98 Å². The maximum atomic E-state index is 13.2. The third-order valence-corrected chi connectivity index (χ3v) is 4.10. The lowest BCUT2D eigenvalue weighted by Crippen LogP contribution is -2.27. The largest absolute Gasteiger partial charge is 0.357 e. The Morgan fingerprint density at radius 3 is 2.33 bits per heavy atom. The van der Waals surface area contributed by atoms with Crippen LogP contribution >= 0.6 is 0 Å². The van der Waals surface area contributed by atoms with E-state index < -0.39 is 10.0 Å². The first-order valence-corrected chi connectivity index (χ1v) is 8.99. The van der Waals surface area contributed by atoms with E-state index in [1.165, 1.54) is 18.2 Å². The van der Waals surface area contributed by atoms with Crippen molar-refractivity contribution in [1.82, 2.24) is 4.98 Å². The van der Waals surface area contributed by atoms with Crippen molar-refractivity contribution in [3.63, 3.8) is 0 Å². The molecule has 24 heavy (non-hydrogen) atoms. The Bertz CT molecular complexity index is 847. The lowest BCUT2D eigenvalue weighted by atomic mass is 10.0. The number of benzene rings is 1. The molecular weight excluding hydrogens is 329 g/mol. The second-order valence-electron chi connectivity index (χ2n) is 5.71. The predicted molar refractivity (Wildman–Crippen MR) is 95.3 cm³/mol. The van der Waals surface area contributed by atoms with Gasteiger partial charge >= 0.3 is 0 Å². The van der Waals surface area contributed by atoms with Crippen LogP contribution in [0, 0.1) is 5.82 Å². The van der Waals surface area contributed by atoms with Gasteiger partial charge < -0.3 is 4.90 Å². The molecule has 0 aliphatic heterocycles. The fourth-order valence-corrected chi connectivity index (χ4v) is 2.42. The quantitative estimate of drug-likeness (QED) is 0.900. The van der Waals surface area contributed by atoms with Crippen LogP contribution < -0.4 is 10.0 Å². The molecule has 0 bridgehead atoms. The molecule has 0 amide bonds. The number of halogens is 1. The summed E-state index contributed by atoms with van der Waals surface area (Å²) in [6, 6.07) is 9.85. The number of pyridine rings is 1. The van der Waals surface area contributed by atoms with Crippen molar-refractivity contribution in [3.05, 3.63) is 53.3 Å². The van der Waals surface area contributed by atoms with Crippen LogP contribution in [0.3, 0.4) is 0 Å². The second kappa shape index (κ2) is 7.11. The molecule has 2 N–H and O–H groups in total. The minimum absolute atomic E-state index is 0.175. The summed E-state index contributed by atoms with van der Waals surface area (Å²) in [6.45, 7) is 4.03. The van der Waals surface area contributed by atoms with Crippen molar-refractivity contribution in [3.8, 4) is 11.1 Å². The van der Waals surface area contributed by atoms with Gasteiger partial charge in [0.15, 0.2) is 0 Å². The predicted octanol–water partition coefficient (Wildman–Crippen LogP) is 2.99. The first-order chi connectivity index (χ1) is 11.2. The molecule has 0 saturated carbocycles. The Kier molecular flexibility index (Phi) is 5.36. The van der Waals surface area contributed by atoms with E-state index in [4.69, 9.17) is 5.14 Å². The molecule has 1 aromatic heterocycles. The number of aromatic nitrogens is 1. The molecule has 2 aromatic rings. The lowest BCUT2D eigenvalue weighted by Gasteiger charge is -2.25. The normalized spacial score (nSPS) is 12.1. The summed E-state index contributed by atoms with van der Waals surface area (Å²) in [5.74, 6) is 0.367. The molecule has 0 aliphatic rings. The van der Waals surface area contributed by atoms with E-state index >= 15 is 0 Å². The molecule has 0 unspecified atom stereocenters. The molecular formula is C17H20FN3O2S. The minimum atomic E-state index is -3.71. The van der Waals surface area contributed by atoms with Gasteiger partial charge in [-0.15, -0.1) is 0 Å². The number of rotatable bonds is 5. The summed E-state index contributed by atoms with van der Waals surface area (Å²) < 4.78 is 35.3. The number of hydrogen-bond donors (Lipinski definition) is 1. The molecule has 1 heterocycles. The van der Waals surface area contributed by atoms with Gasteiger partial charge in [0, 0.05) is 24.1 Å². The molecule has 128 valence electrons. The summed E-state index contributed by atoms with van der Waals surface area (Å²) >= 11 is 0. The van der Waals surface area contributed by atoms with Crippen LogP contribution in [0.15, 0.2) is 41.8 Å². The van der Waals surface area contributed by atoms with Gasteiger partial charge in [0.25, 0.3) is 0 Å².